The Morgan fingerprint density at radius 2 is 2.05 bits per heavy atom. The van der Waals surface area contributed by atoms with Crippen LogP contribution >= 0.6 is 0 Å². The maximum Gasteiger partial charge on any atom is 0.240 e. The first kappa shape index (κ1) is 13.6. The SMILES string of the molecule is CN(Cc1nc(C2CC2)no1)C[C@H]1COc2ccccc2O1. The Kier molecular flexibility index (Phi) is 3.46. The molecule has 1 aromatic carbocycles. The summed E-state index contributed by atoms with van der Waals surface area (Å²) < 4.78 is 17.0. The van der Waals surface area contributed by atoms with Gasteiger partial charge in [0.15, 0.2) is 17.3 Å². The summed E-state index contributed by atoms with van der Waals surface area (Å²) in [5, 5.41) is 4.04. The normalized spacial score (nSPS) is 20.4. The van der Waals surface area contributed by atoms with Gasteiger partial charge in [-0.25, -0.2) is 0 Å². The second-order valence-corrected chi connectivity index (χ2v) is 6.01. The van der Waals surface area contributed by atoms with Crippen LogP contribution in [0.25, 0.3) is 0 Å². The number of benzene rings is 1. The first-order chi connectivity index (χ1) is 10.8. The lowest BCUT2D eigenvalue weighted by molar-refractivity contribution is 0.0613. The third-order valence-electron chi connectivity index (χ3n) is 3.91. The van der Waals surface area contributed by atoms with Crippen LogP contribution < -0.4 is 9.47 Å². The summed E-state index contributed by atoms with van der Waals surface area (Å²) in [4.78, 5) is 6.57. The van der Waals surface area contributed by atoms with Crippen LogP contribution in [-0.2, 0) is 6.54 Å². The number of fused-ring (bicyclic) bond motifs is 1. The minimum atomic E-state index is 0.00530. The molecule has 4 rings (SSSR count). The minimum Gasteiger partial charge on any atom is -0.486 e. The van der Waals surface area contributed by atoms with Crippen LogP contribution in [0.1, 0.15) is 30.5 Å². The van der Waals surface area contributed by atoms with Gasteiger partial charge >= 0.3 is 0 Å². The van der Waals surface area contributed by atoms with Crippen LogP contribution in [0.15, 0.2) is 28.8 Å². The van der Waals surface area contributed by atoms with Gasteiger partial charge in [0.1, 0.15) is 12.7 Å². The second kappa shape index (κ2) is 5.61. The minimum absolute atomic E-state index is 0.00530. The standard InChI is InChI=1S/C16H19N3O3/c1-19(9-15-17-16(18-22-15)11-6-7-11)8-12-10-20-13-4-2-3-5-14(13)21-12/h2-5,11-12H,6-10H2,1H3/t12-/m0/s1. The molecule has 2 aliphatic rings. The largest absolute Gasteiger partial charge is 0.486 e. The first-order valence-corrected chi connectivity index (χ1v) is 7.67. The van der Waals surface area contributed by atoms with Gasteiger partial charge in [-0.05, 0) is 32.0 Å². The fourth-order valence-electron chi connectivity index (χ4n) is 2.64. The van der Waals surface area contributed by atoms with Gasteiger partial charge in [-0.2, -0.15) is 4.98 Å². The Balaban J connectivity index is 1.33. The molecular weight excluding hydrogens is 282 g/mol. The van der Waals surface area contributed by atoms with Crippen LogP contribution in [0.2, 0.25) is 0 Å². The molecule has 2 aromatic rings. The maximum atomic E-state index is 5.96. The fourth-order valence-corrected chi connectivity index (χ4v) is 2.64. The van der Waals surface area contributed by atoms with Gasteiger partial charge in [-0.1, -0.05) is 17.3 Å². The lowest BCUT2D eigenvalue weighted by atomic mass is 10.2. The lowest BCUT2D eigenvalue weighted by Gasteiger charge is -2.29. The van der Waals surface area contributed by atoms with Crippen LogP contribution in [0.3, 0.4) is 0 Å². The number of para-hydroxylation sites is 2. The molecule has 2 heterocycles. The zero-order chi connectivity index (χ0) is 14.9. The van der Waals surface area contributed by atoms with E-state index in [4.69, 9.17) is 14.0 Å². The van der Waals surface area contributed by atoms with E-state index in [0.29, 0.717) is 25.0 Å². The number of likely N-dealkylation sites (N-methyl/N-ethyl adjacent to an activating group) is 1. The number of nitrogens with zero attached hydrogens (tertiary/aromatic N) is 3. The van der Waals surface area contributed by atoms with Crippen LogP contribution in [0, 0.1) is 0 Å². The summed E-state index contributed by atoms with van der Waals surface area (Å²) in [7, 11) is 2.02. The van der Waals surface area contributed by atoms with Crippen molar-refractivity contribution in [1.82, 2.24) is 15.0 Å². The highest BCUT2D eigenvalue weighted by molar-refractivity contribution is 5.40. The monoisotopic (exact) mass is 301 g/mol. The van der Waals surface area contributed by atoms with E-state index >= 15 is 0 Å². The topological polar surface area (TPSA) is 60.6 Å². The van der Waals surface area contributed by atoms with E-state index in [2.05, 4.69) is 15.0 Å². The van der Waals surface area contributed by atoms with Crippen molar-refractivity contribution in [2.45, 2.75) is 31.4 Å². The molecule has 1 aliphatic heterocycles. The van der Waals surface area contributed by atoms with E-state index in [9.17, 15) is 0 Å². The van der Waals surface area contributed by atoms with Gasteiger partial charge in [0, 0.05) is 12.5 Å². The first-order valence-electron chi connectivity index (χ1n) is 7.67. The summed E-state index contributed by atoms with van der Waals surface area (Å²) in [6.45, 7) is 1.93. The van der Waals surface area contributed by atoms with Crippen molar-refractivity contribution in [3.8, 4) is 11.5 Å². The molecule has 6 nitrogen and oxygen atoms in total. The van der Waals surface area contributed by atoms with E-state index in [-0.39, 0.29) is 6.10 Å². The Morgan fingerprint density at radius 1 is 1.23 bits per heavy atom. The van der Waals surface area contributed by atoms with Gasteiger partial charge in [-0.15, -0.1) is 0 Å². The van der Waals surface area contributed by atoms with Crippen molar-refractivity contribution in [2.24, 2.45) is 0 Å². The molecule has 1 saturated carbocycles. The van der Waals surface area contributed by atoms with Gasteiger partial charge < -0.3 is 14.0 Å². The second-order valence-electron chi connectivity index (χ2n) is 6.01. The molecule has 1 aromatic heterocycles. The highest BCUT2D eigenvalue weighted by atomic mass is 16.6. The molecule has 6 heteroatoms. The van der Waals surface area contributed by atoms with E-state index < -0.39 is 0 Å². The van der Waals surface area contributed by atoms with Crippen molar-refractivity contribution in [1.29, 1.82) is 0 Å². The zero-order valence-corrected chi connectivity index (χ0v) is 12.6. The molecule has 1 fully saturated rings. The van der Waals surface area contributed by atoms with E-state index in [1.807, 2.05) is 31.3 Å². The quantitative estimate of drug-likeness (QED) is 0.844. The van der Waals surface area contributed by atoms with E-state index in [0.717, 1.165) is 23.9 Å². The number of hydrogen-bond donors (Lipinski definition) is 0. The average molecular weight is 301 g/mol. The number of hydrogen-bond acceptors (Lipinski definition) is 6. The molecule has 0 N–H and O–H groups in total. The maximum absolute atomic E-state index is 5.96. The van der Waals surface area contributed by atoms with Crippen molar-refractivity contribution < 1.29 is 14.0 Å². The van der Waals surface area contributed by atoms with Gasteiger partial charge in [0.25, 0.3) is 0 Å². The molecule has 0 bridgehead atoms. The van der Waals surface area contributed by atoms with Gasteiger partial charge in [0.05, 0.1) is 6.54 Å². The van der Waals surface area contributed by atoms with Crippen molar-refractivity contribution in [3.63, 3.8) is 0 Å². The Hall–Kier alpha value is -2.08. The molecule has 1 atom stereocenters. The van der Waals surface area contributed by atoms with Gasteiger partial charge in [-0.3, -0.25) is 4.90 Å². The highest BCUT2D eigenvalue weighted by Gasteiger charge is 2.29. The summed E-state index contributed by atoms with van der Waals surface area (Å²) in [6.07, 6.45) is 2.37. The molecule has 0 amide bonds. The smallest absolute Gasteiger partial charge is 0.240 e. The van der Waals surface area contributed by atoms with Gasteiger partial charge in [0.2, 0.25) is 5.89 Å². The molecular formula is C16H19N3O3. The van der Waals surface area contributed by atoms with E-state index in [1.54, 1.807) is 0 Å². The molecule has 0 unspecified atom stereocenters. The number of rotatable bonds is 5. The zero-order valence-electron chi connectivity index (χ0n) is 12.6. The molecule has 22 heavy (non-hydrogen) atoms. The summed E-state index contributed by atoms with van der Waals surface area (Å²) >= 11 is 0. The number of ether oxygens (including phenoxy) is 2. The summed E-state index contributed by atoms with van der Waals surface area (Å²) in [6, 6.07) is 7.75. The summed E-state index contributed by atoms with van der Waals surface area (Å²) in [5.41, 5.74) is 0. The predicted molar refractivity (Wildman–Crippen MR) is 79.0 cm³/mol. The molecule has 1 aliphatic carbocycles. The number of aromatic nitrogens is 2. The molecule has 0 radical (unpaired) electrons. The summed E-state index contributed by atoms with van der Waals surface area (Å²) in [5.74, 6) is 3.67. The molecule has 0 spiro atoms. The Labute approximate surface area is 129 Å². The van der Waals surface area contributed by atoms with Crippen molar-refractivity contribution >= 4 is 0 Å². The van der Waals surface area contributed by atoms with Crippen molar-refractivity contribution in [3.05, 3.63) is 36.0 Å². The van der Waals surface area contributed by atoms with Crippen LogP contribution in [-0.4, -0.2) is 41.3 Å². The van der Waals surface area contributed by atoms with E-state index in [1.165, 1.54) is 12.8 Å². The Morgan fingerprint density at radius 3 is 2.86 bits per heavy atom. The lowest BCUT2D eigenvalue weighted by Crippen LogP contribution is -2.39. The Bertz CT molecular complexity index is 654. The van der Waals surface area contributed by atoms with Crippen molar-refractivity contribution in [2.75, 3.05) is 20.2 Å². The van der Waals surface area contributed by atoms with Crippen LogP contribution in [0.5, 0.6) is 11.5 Å². The van der Waals surface area contributed by atoms with Crippen LogP contribution in [0.4, 0.5) is 0 Å². The molecule has 116 valence electrons. The fraction of sp³-hybridized carbons (Fsp3) is 0.500. The average Bonchev–Trinajstić information content (AvgIpc) is 3.28. The predicted octanol–water partition coefficient (Wildman–Crippen LogP) is 2.22. The third-order valence-corrected chi connectivity index (χ3v) is 3.91. The third kappa shape index (κ3) is 2.92. The molecule has 0 saturated heterocycles. The highest BCUT2D eigenvalue weighted by Crippen LogP contribution is 2.38.